The van der Waals surface area contributed by atoms with Crippen LogP contribution >= 0.6 is 11.6 Å². The fourth-order valence-corrected chi connectivity index (χ4v) is 2.66. The maximum absolute atomic E-state index is 6.37. The van der Waals surface area contributed by atoms with Crippen molar-refractivity contribution in [2.45, 2.75) is 46.3 Å². The third kappa shape index (κ3) is 4.65. The molecule has 20 heavy (non-hydrogen) atoms. The lowest BCUT2D eigenvalue weighted by Crippen LogP contribution is -2.46. The van der Waals surface area contributed by atoms with Gasteiger partial charge >= 0.3 is 0 Å². The van der Waals surface area contributed by atoms with Gasteiger partial charge in [-0.2, -0.15) is 0 Å². The first kappa shape index (κ1) is 17.3. The average Bonchev–Trinajstić information content (AvgIpc) is 2.34. The molecule has 0 bridgehead atoms. The Bertz CT molecular complexity index is 429. The molecule has 0 aromatic heterocycles. The summed E-state index contributed by atoms with van der Waals surface area (Å²) in [5.41, 5.74) is 7.37. The lowest BCUT2D eigenvalue weighted by atomic mass is 9.82. The lowest BCUT2D eigenvalue weighted by Gasteiger charge is -2.35. The number of ether oxygens (including phenoxy) is 2. The van der Waals surface area contributed by atoms with E-state index in [4.69, 9.17) is 26.8 Å². The van der Waals surface area contributed by atoms with Crippen LogP contribution in [0.1, 0.15) is 33.3 Å². The standard InChI is InChI=1S/C16H26ClNO2/c1-6-20-15(16(2,3)4)13(18)10-11-9-12(17)7-8-14(11)19-5/h7-9,13,15H,6,10,18H2,1-5H3. The number of hydrogen-bond acceptors (Lipinski definition) is 3. The van der Waals surface area contributed by atoms with Gasteiger partial charge in [-0.05, 0) is 42.5 Å². The average molecular weight is 300 g/mol. The van der Waals surface area contributed by atoms with Gasteiger partial charge in [0.05, 0.1) is 13.2 Å². The van der Waals surface area contributed by atoms with Gasteiger partial charge in [0.15, 0.2) is 0 Å². The second-order valence-electron chi connectivity index (χ2n) is 6.07. The molecule has 2 N–H and O–H groups in total. The van der Waals surface area contributed by atoms with E-state index >= 15 is 0 Å². The third-order valence-electron chi connectivity index (χ3n) is 3.29. The van der Waals surface area contributed by atoms with E-state index in [0.29, 0.717) is 18.1 Å². The Morgan fingerprint density at radius 2 is 1.95 bits per heavy atom. The van der Waals surface area contributed by atoms with Gasteiger partial charge in [0.1, 0.15) is 5.75 Å². The van der Waals surface area contributed by atoms with E-state index in [2.05, 4.69) is 20.8 Å². The number of rotatable bonds is 6. The van der Waals surface area contributed by atoms with E-state index < -0.39 is 0 Å². The Hall–Kier alpha value is -0.770. The van der Waals surface area contributed by atoms with Crippen molar-refractivity contribution in [1.29, 1.82) is 0 Å². The van der Waals surface area contributed by atoms with Crippen molar-refractivity contribution >= 4 is 11.6 Å². The minimum atomic E-state index is -0.109. The highest BCUT2D eigenvalue weighted by atomic mass is 35.5. The molecule has 114 valence electrons. The summed E-state index contributed by atoms with van der Waals surface area (Å²) < 4.78 is 11.2. The van der Waals surface area contributed by atoms with Gasteiger partial charge < -0.3 is 15.2 Å². The Morgan fingerprint density at radius 1 is 1.30 bits per heavy atom. The van der Waals surface area contributed by atoms with Crippen molar-refractivity contribution < 1.29 is 9.47 Å². The second-order valence-corrected chi connectivity index (χ2v) is 6.50. The smallest absolute Gasteiger partial charge is 0.122 e. The summed E-state index contributed by atoms with van der Waals surface area (Å²) in [6, 6.07) is 5.49. The maximum atomic E-state index is 6.37. The van der Waals surface area contributed by atoms with Crippen LogP contribution in [0, 0.1) is 5.41 Å². The Morgan fingerprint density at radius 3 is 2.45 bits per heavy atom. The molecule has 0 spiro atoms. The van der Waals surface area contributed by atoms with Gasteiger partial charge in [0, 0.05) is 17.7 Å². The third-order valence-corrected chi connectivity index (χ3v) is 3.52. The van der Waals surface area contributed by atoms with E-state index in [0.717, 1.165) is 11.3 Å². The first-order valence-corrected chi connectivity index (χ1v) is 7.37. The van der Waals surface area contributed by atoms with E-state index in [9.17, 15) is 0 Å². The number of nitrogens with two attached hydrogens (primary N) is 1. The number of methoxy groups -OCH3 is 1. The van der Waals surface area contributed by atoms with Crippen molar-refractivity contribution in [3.05, 3.63) is 28.8 Å². The van der Waals surface area contributed by atoms with Crippen LogP contribution in [0.4, 0.5) is 0 Å². The molecular formula is C16H26ClNO2. The summed E-state index contributed by atoms with van der Waals surface area (Å²) in [7, 11) is 1.65. The zero-order valence-corrected chi connectivity index (χ0v) is 13.8. The zero-order valence-electron chi connectivity index (χ0n) is 13.1. The Labute approximate surface area is 127 Å². The lowest BCUT2D eigenvalue weighted by molar-refractivity contribution is -0.0275. The van der Waals surface area contributed by atoms with Crippen LogP contribution in [0.3, 0.4) is 0 Å². The SMILES string of the molecule is CCOC(C(N)Cc1cc(Cl)ccc1OC)C(C)(C)C. The predicted octanol–water partition coefficient (Wildman–Crippen LogP) is 3.67. The molecule has 3 nitrogen and oxygen atoms in total. The number of benzene rings is 1. The molecule has 0 aliphatic heterocycles. The van der Waals surface area contributed by atoms with Crippen molar-refractivity contribution in [1.82, 2.24) is 0 Å². The number of hydrogen-bond donors (Lipinski definition) is 1. The van der Waals surface area contributed by atoms with E-state index in [1.807, 2.05) is 25.1 Å². The summed E-state index contributed by atoms with van der Waals surface area (Å²) in [4.78, 5) is 0. The van der Waals surface area contributed by atoms with E-state index in [1.54, 1.807) is 7.11 Å². The van der Waals surface area contributed by atoms with Crippen molar-refractivity contribution in [2.24, 2.45) is 11.1 Å². The molecule has 2 unspecified atom stereocenters. The highest BCUT2D eigenvalue weighted by Gasteiger charge is 2.31. The molecule has 0 radical (unpaired) electrons. The minimum Gasteiger partial charge on any atom is -0.496 e. The van der Waals surface area contributed by atoms with Crippen LogP contribution in [0.15, 0.2) is 18.2 Å². The molecule has 0 amide bonds. The van der Waals surface area contributed by atoms with Crippen LogP contribution in [0.5, 0.6) is 5.75 Å². The molecule has 1 aromatic carbocycles. The van der Waals surface area contributed by atoms with Gasteiger partial charge in [0.25, 0.3) is 0 Å². The molecule has 0 fully saturated rings. The maximum Gasteiger partial charge on any atom is 0.122 e. The van der Waals surface area contributed by atoms with Gasteiger partial charge in [-0.25, -0.2) is 0 Å². The van der Waals surface area contributed by atoms with Gasteiger partial charge in [-0.3, -0.25) is 0 Å². The summed E-state index contributed by atoms with van der Waals surface area (Å²) in [6.45, 7) is 9.07. The second kappa shape index (κ2) is 7.30. The molecule has 1 rings (SSSR count). The van der Waals surface area contributed by atoms with Gasteiger partial charge in [-0.15, -0.1) is 0 Å². The van der Waals surface area contributed by atoms with Crippen molar-refractivity contribution in [3.8, 4) is 5.75 Å². The monoisotopic (exact) mass is 299 g/mol. The molecule has 4 heteroatoms. The summed E-state index contributed by atoms with van der Waals surface area (Å²) in [5.74, 6) is 0.814. The normalized spacial score (nSPS) is 14.9. The van der Waals surface area contributed by atoms with Crippen molar-refractivity contribution in [2.75, 3.05) is 13.7 Å². The quantitative estimate of drug-likeness (QED) is 0.871. The molecule has 0 saturated heterocycles. The summed E-state index contributed by atoms with van der Waals surface area (Å²) in [5, 5.41) is 0.691. The van der Waals surface area contributed by atoms with Gasteiger partial charge in [0.2, 0.25) is 0 Å². The molecule has 0 saturated carbocycles. The molecule has 1 aromatic rings. The van der Waals surface area contributed by atoms with Crippen LogP contribution in [-0.4, -0.2) is 25.9 Å². The highest BCUT2D eigenvalue weighted by Crippen LogP contribution is 2.29. The topological polar surface area (TPSA) is 44.5 Å². The molecule has 0 heterocycles. The molecular weight excluding hydrogens is 274 g/mol. The Kier molecular flexibility index (Phi) is 6.31. The van der Waals surface area contributed by atoms with Gasteiger partial charge in [-0.1, -0.05) is 32.4 Å². The minimum absolute atomic E-state index is 0.0127. The van der Waals surface area contributed by atoms with Crippen LogP contribution in [0.2, 0.25) is 5.02 Å². The van der Waals surface area contributed by atoms with Crippen LogP contribution in [0.25, 0.3) is 0 Å². The first-order chi connectivity index (χ1) is 9.29. The molecule has 2 atom stereocenters. The highest BCUT2D eigenvalue weighted by molar-refractivity contribution is 6.30. The summed E-state index contributed by atoms with van der Waals surface area (Å²) in [6.07, 6.45) is 0.655. The molecule has 0 aliphatic carbocycles. The fraction of sp³-hybridized carbons (Fsp3) is 0.625. The van der Waals surface area contributed by atoms with E-state index in [-0.39, 0.29) is 17.6 Å². The molecule has 0 aliphatic rings. The van der Waals surface area contributed by atoms with Crippen molar-refractivity contribution in [3.63, 3.8) is 0 Å². The van der Waals surface area contributed by atoms with E-state index in [1.165, 1.54) is 0 Å². The number of halogens is 1. The summed E-state index contributed by atoms with van der Waals surface area (Å²) >= 11 is 6.06. The largest absolute Gasteiger partial charge is 0.496 e. The van der Waals surface area contributed by atoms with Crippen LogP contribution in [-0.2, 0) is 11.2 Å². The van der Waals surface area contributed by atoms with Crippen LogP contribution < -0.4 is 10.5 Å². The Balaban J connectivity index is 2.93. The zero-order chi connectivity index (χ0) is 15.3. The predicted molar refractivity (Wildman–Crippen MR) is 84.6 cm³/mol. The first-order valence-electron chi connectivity index (χ1n) is 6.99. The fourth-order valence-electron chi connectivity index (χ4n) is 2.46.